The Labute approximate surface area is 120 Å². The van der Waals surface area contributed by atoms with E-state index in [-0.39, 0.29) is 18.0 Å². The summed E-state index contributed by atoms with van der Waals surface area (Å²) in [7, 11) is 0. The van der Waals surface area contributed by atoms with E-state index in [1.807, 2.05) is 31.2 Å². The number of carbonyl (C=O) groups excluding carboxylic acids is 1. The van der Waals surface area contributed by atoms with Crippen LogP contribution in [0.5, 0.6) is 0 Å². The molecule has 0 fully saturated rings. The molecule has 106 valence electrons. The summed E-state index contributed by atoms with van der Waals surface area (Å²) in [6, 6.07) is 7.54. The molecule has 1 amide bonds. The van der Waals surface area contributed by atoms with Crippen molar-refractivity contribution in [1.82, 2.24) is 5.32 Å². The number of nitrogens with two attached hydrogens (primary N) is 1. The van der Waals surface area contributed by atoms with Gasteiger partial charge in [-0.05, 0) is 30.5 Å². The molecule has 0 radical (unpaired) electrons. The Morgan fingerprint density at radius 1 is 1.42 bits per heavy atom. The zero-order chi connectivity index (χ0) is 14.3. The van der Waals surface area contributed by atoms with Gasteiger partial charge in [-0.1, -0.05) is 44.0 Å². The predicted molar refractivity (Wildman–Crippen MR) is 80.1 cm³/mol. The average molecular weight is 283 g/mol. The molecular formula is C15H23ClN2O. The van der Waals surface area contributed by atoms with E-state index in [0.717, 1.165) is 24.8 Å². The zero-order valence-electron chi connectivity index (χ0n) is 11.7. The van der Waals surface area contributed by atoms with Gasteiger partial charge in [0, 0.05) is 17.5 Å². The van der Waals surface area contributed by atoms with Crippen molar-refractivity contribution in [3.05, 3.63) is 34.9 Å². The molecule has 3 N–H and O–H groups in total. The lowest BCUT2D eigenvalue weighted by Gasteiger charge is -2.19. The van der Waals surface area contributed by atoms with E-state index in [1.165, 1.54) is 0 Å². The second-order valence-corrected chi connectivity index (χ2v) is 5.27. The maximum absolute atomic E-state index is 11.9. The molecule has 1 aromatic rings. The summed E-state index contributed by atoms with van der Waals surface area (Å²) < 4.78 is 0. The van der Waals surface area contributed by atoms with E-state index in [9.17, 15) is 4.79 Å². The Morgan fingerprint density at radius 2 is 2.16 bits per heavy atom. The zero-order valence-corrected chi connectivity index (χ0v) is 12.4. The molecule has 0 saturated carbocycles. The Kier molecular flexibility index (Phi) is 6.89. The maximum Gasteiger partial charge on any atom is 0.222 e. The standard InChI is InChI=1S/C15H23ClN2O/c1-3-6-13(17)10-15(19)18-14(4-2)11-7-5-8-12(16)9-11/h5,7-9,13-14H,3-4,6,10,17H2,1-2H3,(H,18,19). The Hall–Kier alpha value is -1.06. The normalized spacial score (nSPS) is 13.9. The Bertz CT molecular complexity index is 409. The summed E-state index contributed by atoms with van der Waals surface area (Å²) in [5, 5.41) is 3.71. The molecule has 0 bridgehead atoms. The largest absolute Gasteiger partial charge is 0.349 e. The van der Waals surface area contributed by atoms with Gasteiger partial charge in [0.05, 0.1) is 6.04 Å². The van der Waals surface area contributed by atoms with Crippen molar-refractivity contribution >= 4 is 17.5 Å². The van der Waals surface area contributed by atoms with Crippen molar-refractivity contribution in [3.8, 4) is 0 Å². The topological polar surface area (TPSA) is 55.1 Å². The summed E-state index contributed by atoms with van der Waals surface area (Å²) in [5.41, 5.74) is 6.92. The highest BCUT2D eigenvalue weighted by atomic mass is 35.5. The van der Waals surface area contributed by atoms with Gasteiger partial charge in [-0.25, -0.2) is 0 Å². The molecule has 0 aliphatic rings. The molecule has 0 heterocycles. The predicted octanol–water partition coefficient (Wildman–Crippen LogP) is 3.42. The number of amides is 1. The van der Waals surface area contributed by atoms with Crippen LogP contribution in [0.4, 0.5) is 0 Å². The number of nitrogens with one attached hydrogen (secondary N) is 1. The van der Waals surface area contributed by atoms with Crippen molar-refractivity contribution in [2.75, 3.05) is 0 Å². The number of hydrogen-bond acceptors (Lipinski definition) is 2. The SMILES string of the molecule is CCCC(N)CC(=O)NC(CC)c1cccc(Cl)c1. The van der Waals surface area contributed by atoms with E-state index >= 15 is 0 Å². The van der Waals surface area contributed by atoms with Gasteiger partial charge in [0.1, 0.15) is 0 Å². The van der Waals surface area contributed by atoms with Crippen LogP contribution in [-0.2, 0) is 4.79 Å². The number of benzene rings is 1. The second-order valence-electron chi connectivity index (χ2n) is 4.84. The quantitative estimate of drug-likeness (QED) is 0.805. The van der Waals surface area contributed by atoms with E-state index in [1.54, 1.807) is 0 Å². The first kappa shape index (κ1) is 16.0. The molecule has 1 rings (SSSR count). The molecule has 0 aliphatic carbocycles. The third-order valence-electron chi connectivity index (χ3n) is 3.10. The van der Waals surface area contributed by atoms with Gasteiger partial charge in [-0.15, -0.1) is 0 Å². The van der Waals surface area contributed by atoms with E-state index in [0.29, 0.717) is 11.4 Å². The van der Waals surface area contributed by atoms with Crippen LogP contribution >= 0.6 is 11.6 Å². The third kappa shape index (κ3) is 5.62. The molecule has 0 spiro atoms. The van der Waals surface area contributed by atoms with Crippen molar-refractivity contribution < 1.29 is 4.79 Å². The van der Waals surface area contributed by atoms with Crippen LogP contribution in [0.3, 0.4) is 0 Å². The Balaban J connectivity index is 2.59. The number of hydrogen-bond donors (Lipinski definition) is 2. The summed E-state index contributed by atoms with van der Waals surface area (Å²) in [6.07, 6.45) is 3.08. The monoisotopic (exact) mass is 282 g/mol. The van der Waals surface area contributed by atoms with Crippen LogP contribution in [-0.4, -0.2) is 11.9 Å². The maximum atomic E-state index is 11.9. The molecule has 4 heteroatoms. The first-order chi connectivity index (χ1) is 9.06. The summed E-state index contributed by atoms with van der Waals surface area (Å²) in [6.45, 7) is 4.11. The molecule has 2 unspecified atom stereocenters. The lowest BCUT2D eigenvalue weighted by Crippen LogP contribution is -2.33. The number of carbonyl (C=O) groups is 1. The molecule has 3 nitrogen and oxygen atoms in total. The van der Waals surface area contributed by atoms with E-state index < -0.39 is 0 Å². The van der Waals surface area contributed by atoms with Crippen molar-refractivity contribution in [1.29, 1.82) is 0 Å². The van der Waals surface area contributed by atoms with Crippen molar-refractivity contribution in [2.45, 2.75) is 51.6 Å². The minimum atomic E-state index is -0.0538. The Morgan fingerprint density at radius 3 is 2.74 bits per heavy atom. The summed E-state index contributed by atoms with van der Waals surface area (Å²) in [4.78, 5) is 11.9. The van der Waals surface area contributed by atoms with Crippen LogP contribution < -0.4 is 11.1 Å². The van der Waals surface area contributed by atoms with Crippen LogP contribution in [0.15, 0.2) is 24.3 Å². The molecular weight excluding hydrogens is 260 g/mol. The summed E-state index contributed by atoms with van der Waals surface area (Å²) >= 11 is 5.98. The van der Waals surface area contributed by atoms with Crippen molar-refractivity contribution in [2.24, 2.45) is 5.73 Å². The van der Waals surface area contributed by atoms with Crippen LogP contribution in [0.25, 0.3) is 0 Å². The molecule has 0 aromatic heterocycles. The third-order valence-corrected chi connectivity index (χ3v) is 3.34. The van der Waals surface area contributed by atoms with Crippen LogP contribution in [0, 0.1) is 0 Å². The van der Waals surface area contributed by atoms with Gasteiger partial charge in [0.15, 0.2) is 0 Å². The smallest absolute Gasteiger partial charge is 0.222 e. The van der Waals surface area contributed by atoms with Gasteiger partial charge in [-0.2, -0.15) is 0 Å². The van der Waals surface area contributed by atoms with Gasteiger partial charge in [0.2, 0.25) is 5.91 Å². The highest BCUT2D eigenvalue weighted by molar-refractivity contribution is 6.30. The minimum absolute atomic E-state index is 0.0000246. The first-order valence-electron chi connectivity index (χ1n) is 6.87. The second kappa shape index (κ2) is 8.18. The van der Waals surface area contributed by atoms with Crippen molar-refractivity contribution in [3.63, 3.8) is 0 Å². The number of rotatable bonds is 7. The van der Waals surface area contributed by atoms with Gasteiger partial charge in [0.25, 0.3) is 0 Å². The van der Waals surface area contributed by atoms with Gasteiger partial charge >= 0.3 is 0 Å². The fourth-order valence-electron chi connectivity index (χ4n) is 2.11. The molecule has 2 atom stereocenters. The highest BCUT2D eigenvalue weighted by Crippen LogP contribution is 2.20. The van der Waals surface area contributed by atoms with Crippen LogP contribution in [0.1, 0.15) is 51.1 Å². The van der Waals surface area contributed by atoms with Gasteiger partial charge < -0.3 is 11.1 Å². The van der Waals surface area contributed by atoms with Crippen LogP contribution in [0.2, 0.25) is 5.02 Å². The van der Waals surface area contributed by atoms with Gasteiger partial charge in [-0.3, -0.25) is 4.79 Å². The molecule has 0 aliphatic heterocycles. The minimum Gasteiger partial charge on any atom is -0.349 e. The van der Waals surface area contributed by atoms with E-state index in [4.69, 9.17) is 17.3 Å². The lowest BCUT2D eigenvalue weighted by atomic mass is 10.0. The number of halogens is 1. The fraction of sp³-hybridized carbons (Fsp3) is 0.533. The molecule has 19 heavy (non-hydrogen) atoms. The molecule has 1 aromatic carbocycles. The molecule has 0 saturated heterocycles. The lowest BCUT2D eigenvalue weighted by molar-refractivity contribution is -0.122. The van der Waals surface area contributed by atoms with E-state index in [2.05, 4.69) is 12.2 Å². The fourth-order valence-corrected chi connectivity index (χ4v) is 2.31. The summed E-state index contributed by atoms with van der Waals surface area (Å²) in [5.74, 6) is 0.00720. The first-order valence-corrected chi connectivity index (χ1v) is 7.25. The highest BCUT2D eigenvalue weighted by Gasteiger charge is 2.15. The average Bonchev–Trinajstić information content (AvgIpc) is 2.36.